The molecule has 0 aliphatic carbocycles. The van der Waals surface area contributed by atoms with Crippen LogP contribution in [0, 0.1) is 6.92 Å². The van der Waals surface area contributed by atoms with Gasteiger partial charge in [0.1, 0.15) is 0 Å². The summed E-state index contributed by atoms with van der Waals surface area (Å²) in [5.41, 5.74) is 0.245. The summed E-state index contributed by atoms with van der Waals surface area (Å²) in [5.74, 6) is -8.22. The third-order valence-corrected chi connectivity index (χ3v) is 4.34. The summed E-state index contributed by atoms with van der Waals surface area (Å²) in [6.45, 7) is 1.41. The standard InChI is InChI=1S/C10H8F6S3/c1-4-6(18-9(13)14)2-5(17-8(11)12)3-7(4)19-10(15)16/h2-3,8-10H,1H3. The van der Waals surface area contributed by atoms with Gasteiger partial charge in [-0.1, -0.05) is 35.3 Å². The van der Waals surface area contributed by atoms with Crippen LogP contribution in [0.3, 0.4) is 0 Å². The summed E-state index contributed by atoms with van der Waals surface area (Å²) in [6.07, 6.45) is 0. The van der Waals surface area contributed by atoms with Crippen molar-refractivity contribution in [3.05, 3.63) is 17.7 Å². The van der Waals surface area contributed by atoms with Crippen LogP contribution in [0.4, 0.5) is 26.3 Å². The summed E-state index contributed by atoms with van der Waals surface area (Å²) >= 11 is 0.455. The number of benzene rings is 1. The molecule has 0 aromatic heterocycles. The fourth-order valence-electron chi connectivity index (χ4n) is 1.25. The first-order chi connectivity index (χ1) is 8.79. The van der Waals surface area contributed by atoms with Gasteiger partial charge in [-0.25, -0.2) is 0 Å². The molecule has 0 nitrogen and oxygen atoms in total. The van der Waals surface area contributed by atoms with E-state index in [-0.39, 0.29) is 55.5 Å². The third kappa shape index (κ3) is 5.78. The monoisotopic (exact) mass is 338 g/mol. The quantitative estimate of drug-likeness (QED) is 0.465. The predicted octanol–water partition coefficient (Wildman–Crippen LogP) is 5.94. The zero-order valence-corrected chi connectivity index (χ0v) is 11.8. The largest absolute Gasteiger partial charge is 0.288 e. The van der Waals surface area contributed by atoms with Crippen LogP contribution in [0.15, 0.2) is 26.8 Å². The Balaban J connectivity index is 3.13. The molecule has 0 amide bonds. The lowest BCUT2D eigenvalue weighted by molar-refractivity contribution is 0.252. The van der Waals surface area contributed by atoms with E-state index in [1.165, 1.54) is 19.1 Å². The highest BCUT2D eigenvalue weighted by Gasteiger charge is 2.17. The van der Waals surface area contributed by atoms with Crippen molar-refractivity contribution >= 4 is 35.3 Å². The number of hydrogen-bond donors (Lipinski definition) is 0. The van der Waals surface area contributed by atoms with E-state index < -0.39 is 17.3 Å². The number of hydrogen-bond acceptors (Lipinski definition) is 3. The molecule has 0 bridgehead atoms. The average Bonchev–Trinajstić information content (AvgIpc) is 2.22. The minimum absolute atomic E-state index is 0.00750. The summed E-state index contributed by atoms with van der Waals surface area (Å²) in [4.78, 5) is 0.0551. The lowest BCUT2D eigenvalue weighted by Crippen LogP contribution is -1.93. The molecule has 0 aliphatic heterocycles. The first-order valence-corrected chi connectivity index (χ1v) is 7.42. The molecule has 1 rings (SSSR count). The van der Waals surface area contributed by atoms with Gasteiger partial charge in [-0.05, 0) is 24.6 Å². The molecule has 1 aromatic carbocycles. The maximum absolute atomic E-state index is 12.3. The number of alkyl halides is 6. The molecule has 19 heavy (non-hydrogen) atoms. The molecule has 0 heterocycles. The Morgan fingerprint density at radius 1 is 0.737 bits per heavy atom. The first-order valence-electron chi connectivity index (χ1n) is 4.78. The fourth-order valence-corrected chi connectivity index (χ4v) is 3.38. The molecule has 0 atom stereocenters. The van der Waals surface area contributed by atoms with Crippen LogP contribution in [0.2, 0.25) is 0 Å². The Hall–Kier alpha value is -0.150. The summed E-state index contributed by atoms with van der Waals surface area (Å²) < 4.78 is 73.9. The zero-order chi connectivity index (χ0) is 14.6. The smallest absolute Gasteiger partial charge is 0.198 e. The Kier molecular flexibility index (Phi) is 6.75. The lowest BCUT2D eigenvalue weighted by atomic mass is 10.2. The zero-order valence-electron chi connectivity index (χ0n) is 9.38. The van der Waals surface area contributed by atoms with Crippen molar-refractivity contribution in [1.82, 2.24) is 0 Å². The normalized spacial score (nSPS) is 11.9. The van der Waals surface area contributed by atoms with Crippen LogP contribution >= 0.6 is 35.3 Å². The van der Waals surface area contributed by atoms with Crippen LogP contribution in [0.1, 0.15) is 5.56 Å². The van der Waals surface area contributed by atoms with Crippen molar-refractivity contribution in [2.24, 2.45) is 0 Å². The summed E-state index contributed by atoms with van der Waals surface area (Å²) in [5, 5.41) is 0. The molecule has 0 saturated carbocycles. The minimum atomic E-state index is -2.74. The summed E-state index contributed by atoms with van der Waals surface area (Å²) in [6, 6.07) is 2.33. The number of rotatable bonds is 6. The Labute approximate surface area is 118 Å². The van der Waals surface area contributed by atoms with Gasteiger partial charge in [-0.2, -0.15) is 26.3 Å². The first kappa shape index (κ1) is 16.9. The molecule has 0 N–H and O–H groups in total. The second-order valence-corrected chi connectivity index (χ2v) is 6.31. The van der Waals surface area contributed by atoms with Crippen molar-refractivity contribution < 1.29 is 26.3 Å². The predicted molar refractivity (Wildman–Crippen MR) is 66.8 cm³/mol. The maximum atomic E-state index is 12.3. The molecule has 1 aromatic rings. The Bertz CT molecular complexity index is 393. The van der Waals surface area contributed by atoms with Crippen LogP contribution in [0.25, 0.3) is 0 Å². The van der Waals surface area contributed by atoms with Crippen molar-refractivity contribution in [3.63, 3.8) is 0 Å². The minimum Gasteiger partial charge on any atom is -0.198 e. The van der Waals surface area contributed by atoms with E-state index in [0.717, 1.165) is 0 Å². The molecule has 0 unspecified atom stereocenters. The Morgan fingerprint density at radius 2 is 1.11 bits per heavy atom. The van der Waals surface area contributed by atoms with E-state index in [4.69, 9.17) is 0 Å². The van der Waals surface area contributed by atoms with Crippen molar-refractivity contribution in [2.45, 2.75) is 38.9 Å². The van der Waals surface area contributed by atoms with E-state index in [2.05, 4.69) is 0 Å². The van der Waals surface area contributed by atoms with Crippen molar-refractivity contribution in [3.8, 4) is 0 Å². The van der Waals surface area contributed by atoms with Crippen LogP contribution < -0.4 is 0 Å². The lowest BCUT2D eigenvalue weighted by Gasteiger charge is -2.13. The highest BCUT2D eigenvalue weighted by Crippen LogP contribution is 2.40. The molecule has 0 saturated heterocycles. The van der Waals surface area contributed by atoms with Gasteiger partial charge in [-0.15, -0.1) is 0 Å². The van der Waals surface area contributed by atoms with Gasteiger partial charge in [0.2, 0.25) is 0 Å². The van der Waals surface area contributed by atoms with Gasteiger partial charge in [0.15, 0.2) is 0 Å². The van der Waals surface area contributed by atoms with E-state index in [0.29, 0.717) is 0 Å². The average molecular weight is 338 g/mol. The van der Waals surface area contributed by atoms with E-state index in [9.17, 15) is 26.3 Å². The number of halogens is 6. The molecule has 0 radical (unpaired) electrons. The van der Waals surface area contributed by atoms with Gasteiger partial charge in [0.05, 0.1) is 0 Å². The molecule has 0 fully saturated rings. The van der Waals surface area contributed by atoms with Gasteiger partial charge < -0.3 is 0 Å². The van der Waals surface area contributed by atoms with Gasteiger partial charge in [0, 0.05) is 14.7 Å². The molecular formula is C10H8F6S3. The van der Waals surface area contributed by atoms with Crippen molar-refractivity contribution in [1.29, 1.82) is 0 Å². The molecule has 108 valence electrons. The fraction of sp³-hybridized carbons (Fsp3) is 0.400. The van der Waals surface area contributed by atoms with E-state index in [1.54, 1.807) is 0 Å². The second kappa shape index (κ2) is 7.58. The number of thioether (sulfide) groups is 3. The van der Waals surface area contributed by atoms with Crippen LogP contribution in [-0.4, -0.2) is 17.3 Å². The van der Waals surface area contributed by atoms with E-state index >= 15 is 0 Å². The van der Waals surface area contributed by atoms with Crippen LogP contribution in [-0.2, 0) is 0 Å². The highest BCUT2D eigenvalue weighted by atomic mass is 32.2. The van der Waals surface area contributed by atoms with Crippen LogP contribution in [0.5, 0.6) is 0 Å². The second-order valence-electron chi connectivity index (χ2n) is 3.18. The molecule has 9 heteroatoms. The highest BCUT2D eigenvalue weighted by molar-refractivity contribution is 8.01. The van der Waals surface area contributed by atoms with Crippen molar-refractivity contribution in [2.75, 3.05) is 0 Å². The summed E-state index contributed by atoms with van der Waals surface area (Å²) in [7, 11) is 0. The van der Waals surface area contributed by atoms with Gasteiger partial charge >= 0.3 is 0 Å². The van der Waals surface area contributed by atoms with E-state index in [1.807, 2.05) is 0 Å². The van der Waals surface area contributed by atoms with Gasteiger partial charge in [0.25, 0.3) is 17.3 Å². The molecule has 0 spiro atoms. The maximum Gasteiger partial charge on any atom is 0.288 e. The SMILES string of the molecule is Cc1c(SC(F)F)cc(SC(F)F)cc1SC(F)F. The van der Waals surface area contributed by atoms with Gasteiger partial charge in [-0.3, -0.25) is 0 Å². The topological polar surface area (TPSA) is 0 Å². The third-order valence-electron chi connectivity index (χ3n) is 1.94. The Morgan fingerprint density at radius 3 is 1.42 bits per heavy atom. The molecular weight excluding hydrogens is 330 g/mol. The molecule has 0 aliphatic rings.